The summed E-state index contributed by atoms with van der Waals surface area (Å²) in [6.45, 7) is 20.7. The minimum Gasteiger partial charge on any atom is -0.413 e. The van der Waals surface area contributed by atoms with Crippen LogP contribution in [0.15, 0.2) is 11.6 Å². The van der Waals surface area contributed by atoms with Gasteiger partial charge in [0, 0.05) is 11.3 Å². The highest BCUT2D eigenvalue weighted by Crippen LogP contribution is 2.56. The summed E-state index contributed by atoms with van der Waals surface area (Å²) in [6, 6.07) is 0. The average Bonchev–Trinajstić information content (AvgIpc) is 2.31. The largest absolute Gasteiger partial charge is 0.413 e. The molecular formula is C20H36O2Si. The first-order valence-electron chi connectivity index (χ1n) is 9.11. The Morgan fingerprint density at radius 1 is 1.17 bits per heavy atom. The van der Waals surface area contributed by atoms with Gasteiger partial charge in [-0.05, 0) is 48.9 Å². The summed E-state index contributed by atoms with van der Waals surface area (Å²) in [6.07, 6.45) is 5.24. The van der Waals surface area contributed by atoms with E-state index < -0.39 is 8.32 Å². The predicted molar refractivity (Wildman–Crippen MR) is 100 cm³/mol. The van der Waals surface area contributed by atoms with Gasteiger partial charge in [-0.25, -0.2) is 0 Å². The molecule has 1 saturated carbocycles. The van der Waals surface area contributed by atoms with Gasteiger partial charge in [0.2, 0.25) is 0 Å². The lowest BCUT2D eigenvalue weighted by molar-refractivity contribution is -0.121. The molecule has 132 valence electrons. The van der Waals surface area contributed by atoms with E-state index in [1.807, 2.05) is 6.08 Å². The highest BCUT2D eigenvalue weighted by atomic mass is 28.4. The lowest BCUT2D eigenvalue weighted by atomic mass is 9.56. The molecule has 23 heavy (non-hydrogen) atoms. The van der Waals surface area contributed by atoms with Crippen LogP contribution in [0.2, 0.25) is 18.1 Å². The standard InChI is InChI=1S/C20H36O2Si/c1-14-11-20(7)15(10-16(14)21)12-19(5,6)13-17(20)22-23(8,9)18(2,3)4/h10,14,17H,11-13H2,1-9H3/t14?,17-,20-/m0/s1. The Labute approximate surface area is 144 Å². The molecule has 3 atom stereocenters. The van der Waals surface area contributed by atoms with Crippen LogP contribution in [-0.4, -0.2) is 20.2 Å². The summed E-state index contributed by atoms with van der Waals surface area (Å²) >= 11 is 0. The number of rotatable bonds is 2. The topological polar surface area (TPSA) is 26.3 Å². The van der Waals surface area contributed by atoms with E-state index in [2.05, 4.69) is 61.6 Å². The third-order valence-corrected chi connectivity index (χ3v) is 11.1. The van der Waals surface area contributed by atoms with Crippen molar-refractivity contribution in [3.63, 3.8) is 0 Å². The second kappa shape index (κ2) is 5.55. The number of hydrogen-bond acceptors (Lipinski definition) is 2. The molecule has 0 N–H and O–H groups in total. The Morgan fingerprint density at radius 2 is 1.74 bits per heavy atom. The first-order valence-corrected chi connectivity index (χ1v) is 12.0. The zero-order chi connectivity index (χ0) is 17.8. The van der Waals surface area contributed by atoms with Crippen molar-refractivity contribution in [2.45, 2.75) is 92.0 Å². The normalized spacial score (nSPS) is 34.8. The van der Waals surface area contributed by atoms with Crippen LogP contribution in [0.5, 0.6) is 0 Å². The Balaban J connectivity index is 2.41. The van der Waals surface area contributed by atoms with Gasteiger partial charge in [0.05, 0.1) is 6.10 Å². The van der Waals surface area contributed by atoms with Crippen LogP contribution in [0.1, 0.15) is 67.7 Å². The Hall–Kier alpha value is -0.413. The van der Waals surface area contributed by atoms with Crippen molar-refractivity contribution in [2.24, 2.45) is 16.7 Å². The molecule has 0 aromatic rings. The average molecular weight is 337 g/mol. The quantitative estimate of drug-likeness (QED) is 0.601. The van der Waals surface area contributed by atoms with Crippen LogP contribution >= 0.6 is 0 Å². The zero-order valence-corrected chi connectivity index (χ0v) is 17.7. The smallest absolute Gasteiger partial charge is 0.192 e. The molecular weight excluding hydrogens is 300 g/mol. The van der Waals surface area contributed by atoms with Crippen LogP contribution in [0.3, 0.4) is 0 Å². The van der Waals surface area contributed by atoms with Crippen molar-refractivity contribution in [2.75, 3.05) is 0 Å². The van der Waals surface area contributed by atoms with Crippen molar-refractivity contribution in [3.05, 3.63) is 11.6 Å². The van der Waals surface area contributed by atoms with Gasteiger partial charge in [-0.3, -0.25) is 4.79 Å². The van der Waals surface area contributed by atoms with Gasteiger partial charge in [-0.2, -0.15) is 0 Å². The Bertz CT molecular complexity index is 524. The summed E-state index contributed by atoms with van der Waals surface area (Å²) < 4.78 is 6.92. The molecule has 2 aliphatic rings. The van der Waals surface area contributed by atoms with E-state index in [9.17, 15) is 4.79 Å². The molecule has 1 unspecified atom stereocenters. The van der Waals surface area contributed by atoms with E-state index in [-0.39, 0.29) is 27.9 Å². The van der Waals surface area contributed by atoms with Gasteiger partial charge in [0.25, 0.3) is 0 Å². The fourth-order valence-corrected chi connectivity index (χ4v) is 5.37. The van der Waals surface area contributed by atoms with E-state index >= 15 is 0 Å². The molecule has 0 radical (unpaired) electrons. The molecule has 0 aromatic carbocycles. The number of carbonyl (C=O) groups is 1. The maximum absolute atomic E-state index is 12.2. The lowest BCUT2D eigenvalue weighted by Gasteiger charge is -2.54. The number of ketones is 1. The molecule has 0 saturated heterocycles. The molecule has 2 aliphatic carbocycles. The monoisotopic (exact) mass is 336 g/mol. The van der Waals surface area contributed by atoms with Gasteiger partial charge in [0.1, 0.15) is 0 Å². The van der Waals surface area contributed by atoms with Gasteiger partial charge in [-0.1, -0.05) is 54.0 Å². The van der Waals surface area contributed by atoms with Crippen LogP contribution in [0.25, 0.3) is 0 Å². The fraction of sp³-hybridized carbons (Fsp3) is 0.850. The third kappa shape index (κ3) is 3.51. The molecule has 2 nitrogen and oxygen atoms in total. The maximum atomic E-state index is 12.2. The molecule has 3 heteroatoms. The molecule has 0 bridgehead atoms. The van der Waals surface area contributed by atoms with Gasteiger partial charge < -0.3 is 4.43 Å². The summed E-state index contributed by atoms with van der Waals surface area (Å²) in [5, 5.41) is 0.213. The maximum Gasteiger partial charge on any atom is 0.192 e. The van der Waals surface area contributed by atoms with Crippen molar-refractivity contribution in [1.29, 1.82) is 0 Å². The number of fused-ring (bicyclic) bond motifs is 1. The van der Waals surface area contributed by atoms with E-state index in [0.717, 1.165) is 19.3 Å². The molecule has 1 fully saturated rings. The highest BCUT2D eigenvalue weighted by Gasteiger charge is 2.52. The molecule has 0 aliphatic heterocycles. The van der Waals surface area contributed by atoms with E-state index in [4.69, 9.17) is 4.43 Å². The number of hydrogen-bond donors (Lipinski definition) is 0. The first kappa shape index (κ1) is 18.9. The molecule has 0 heterocycles. The van der Waals surface area contributed by atoms with E-state index in [0.29, 0.717) is 5.78 Å². The molecule has 0 aromatic heterocycles. The highest BCUT2D eigenvalue weighted by molar-refractivity contribution is 6.74. The second-order valence-electron chi connectivity index (χ2n) is 10.5. The van der Waals surface area contributed by atoms with E-state index in [1.165, 1.54) is 5.57 Å². The summed E-state index contributed by atoms with van der Waals surface area (Å²) in [7, 11) is -1.83. The minimum atomic E-state index is -1.83. The summed E-state index contributed by atoms with van der Waals surface area (Å²) in [5.41, 5.74) is 1.57. The van der Waals surface area contributed by atoms with E-state index in [1.54, 1.807) is 0 Å². The van der Waals surface area contributed by atoms with Gasteiger partial charge in [0.15, 0.2) is 14.1 Å². The van der Waals surface area contributed by atoms with Crippen molar-refractivity contribution in [1.82, 2.24) is 0 Å². The fourth-order valence-electron chi connectivity index (χ4n) is 3.96. The molecule has 0 amide bonds. The van der Waals surface area contributed by atoms with Crippen molar-refractivity contribution >= 4 is 14.1 Å². The third-order valence-electron chi connectivity index (χ3n) is 6.63. The Kier molecular flexibility index (Phi) is 4.57. The van der Waals surface area contributed by atoms with Crippen LogP contribution in [0.4, 0.5) is 0 Å². The van der Waals surface area contributed by atoms with Crippen molar-refractivity contribution < 1.29 is 9.22 Å². The molecule has 2 rings (SSSR count). The van der Waals surface area contributed by atoms with Gasteiger partial charge >= 0.3 is 0 Å². The first-order chi connectivity index (χ1) is 10.2. The SMILES string of the molecule is CC1C[C@@]2(C)C(=CC1=O)CC(C)(C)C[C@@H]2O[Si](C)(C)C(C)(C)C. The lowest BCUT2D eigenvalue weighted by Crippen LogP contribution is -2.54. The summed E-state index contributed by atoms with van der Waals surface area (Å²) in [4.78, 5) is 12.2. The van der Waals surface area contributed by atoms with Crippen LogP contribution in [-0.2, 0) is 9.22 Å². The number of carbonyl (C=O) groups excluding carboxylic acids is 1. The van der Waals surface area contributed by atoms with Gasteiger partial charge in [-0.15, -0.1) is 0 Å². The van der Waals surface area contributed by atoms with Crippen LogP contribution < -0.4 is 0 Å². The van der Waals surface area contributed by atoms with Crippen molar-refractivity contribution in [3.8, 4) is 0 Å². The zero-order valence-electron chi connectivity index (χ0n) is 16.7. The summed E-state index contributed by atoms with van der Waals surface area (Å²) in [5.74, 6) is 0.428. The Morgan fingerprint density at radius 3 is 2.26 bits per heavy atom. The predicted octanol–water partition coefficient (Wildman–Crippen LogP) is 5.74. The second-order valence-corrected chi connectivity index (χ2v) is 15.3. The molecule has 0 spiro atoms. The number of allylic oxidation sites excluding steroid dienone is 1. The minimum absolute atomic E-state index is 0.0262. The van der Waals surface area contributed by atoms with Crippen LogP contribution in [0, 0.1) is 16.7 Å².